The smallest absolute Gasteiger partial charge is 0.354 e. The van der Waals surface area contributed by atoms with Gasteiger partial charge in [-0.1, -0.05) is 0 Å². The van der Waals surface area contributed by atoms with Crippen LogP contribution in [0.4, 0.5) is 5.95 Å². The molecule has 0 bridgehead atoms. The van der Waals surface area contributed by atoms with Gasteiger partial charge in [-0.2, -0.15) is 4.98 Å². The highest BCUT2D eigenvalue weighted by atomic mass is 16.5. The number of aromatic nitrogens is 3. The Labute approximate surface area is 146 Å². The zero-order chi connectivity index (χ0) is 19.9. The molecule has 1 aromatic rings. The van der Waals surface area contributed by atoms with E-state index in [0.717, 1.165) is 4.57 Å². The van der Waals surface area contributed by atoms with Crippen molar-refractivity contribution < 1.29 is 34.8 Å². The van der Waals surface area contributed by atoms with E-state index in [2.05, 4.69) is 9.97 Å². The van der Waals surface area contributed by atoms with Crippen LogP contribution in [0.25, 0.3) is 0 Å². The lowest BCUT2D eigenvalue weighted by molar-refractivity contribution is -0.139. The molecule has 0 radical (unpaired) electrons. The van der Waals surface area contributed by atoms with E-state index >= 15 is 0 Å². The molecule has 1 aliphatic rings. The molecule has 26 heavy (non-hydrogen) atoms. The number of carbonyl (C=O) groups is 2. The second-order valence-electron chi connectivity index (χ2n) is 5.40. The summed E-state index contributed by atoms with van der Waals surface area (Å²) >= 11 is 0. The first kappa shape index (κ1) is 21.4. The van der Waals surface area contributed by atoms with Crippen molar-refractivity contribution in [3.63, 3.8) is 0 Å². The molecule has 0 saturated carbocycles. The molecule has 4 atom stereocenters. The number of aliphatic carboxylic acids is 2. The third-order valence-electron chi connectivity index (χ3n) is 3.43. The normalized spacial score (nSPS) is 23.0. The van der Waals surface area contributed by atoms with Gasteiger partial charge in [0.1, 0.15) is 24.7 Å². The minimum absolute atomic E-state index is 0.0231. The number of carboxylic acids is 2. The maximum absolute atomic E-state index is 11.4. The van der Waals surface area contributed by atoms with E-state index < -0.39 is 42.1 Å². The third kappa shape index (κ3) is 6.36. The lowest BCUT2D eigenvalue weighted by atomic mass is 10.2. The van der Waals surface area contributed by atoms with Crippen LogP contribution in [-0.2, 0) is 14.3 Å². The molecule has 0 aromatic carbocycles. The van der Waals surface area contributed by atoms with Crippen molar-refractivity contribution in [1.82, 2.24) is 14.5 Å². The topological polar surface area (TPSA) is 224 Å². The standard InChI is InChI=1S/C8H12N4O4.C5H9NO4/c9-7-10-3-12(8(15)11-7)6-1-4(14)5(2-13)16-6;6-3(5(9)10)1-2-4(7)8/h3-6,13-14H,1-2H2,(H2,9,11,15);3H,1-2,6H2,(H,7,8)(H,9,10)/t4-,5+,6+;3-/m00/s1. The molecule has 1 aromatic heterocycles. The van der Waals surface area contributed by atoms with E-state index in [1.54, 1.807) is 0 Å². The van der Waals surface area contributed by atoms with Gasteiger partial charge in [0.05, 0.1) is 12.7 Å². The molecule has 8 N–H and O–H groups in total. The summed E-state index contributed by atoms with van der Waals surface area (Å²) in [6.07, 6.45) is -0.965. The van der Waals surface area contributed by atoms with Crippen LogP contribution in [0.1, 0.15) is 25.5 Å². The van der Waals surface area contributed by atoms with Gasteiger partial charge >= 0.3 is 17.6 Å². The number of anilines is 1. The Morgan fingerprint density at radius 2 is 2.08 bits per heavy atom. The number of hydrogen-bond donors (Lipinski definition) is 6. The average Bonchev–Trinajstić information content (AvgIpc) is 2.93. The highest BCUT2D eigenvalue weighted by molar-refractivity contribution is 5.74. The number of rotatable bonds is 6. The van der Waals surface area contributed by atoms with Crippen LogP contribution in [0.2, 0.25) is 0 Å². The Hall–Kier alpha value is -2.61. The quantitative estimate of drug-likeness (QED) is 0.295. The molecular formula is C13H21N5O8. The fraction of sp³-hybridized carbons (Fsp3) is 0.615. The average molecular weight is 375 g/mol. The minimum Gasteiger partial charge on any atom is -0.481 e. The predicted octanol–water partition coefficient (Wildman–Crippen LogP) is -2.88. The summed E-state index contributed by atoms with van der Waals surface area (Å²) in [5.74, 6) is -2.31. The predicted molar refractivity (Wildman–Crippen MR) is 84.8 cm³/mol. The molecule has 1 aliphatic heterocycles. The SMILES string of the molecule is N[C@@H](CCC(=O)O)C(=O)O.Nc1ncn([C@H]2C[C@H](O)[C@@H](CO)O2)c(=O)n1. The highest BCUT2D eigenvalue weighted by Crippen LogP contribution is 2.26. The number of nitrogens with zero attached hydrogens (tertiary/aromatic N) is 3. The van der Waals surface area contributed by atoms with Crippen molar-refractivity contribution in [3.8, 4) is 0 Å². The Morgan fingerprint density at radius 3 is 2.54 bits per heavy atom. The Balaban J connectivity index is 0.000000294. The minimum atomic E-state index is -1.17. The summed E-state index contributed by atoms with van der Waals surface area (Å²) in [6, 6.07) is -1.06. The van der Waals surface area contributed by atoms with E-state index in [1.165, 1.54) is 6.33 Å². The van der Waals surface area contributed by atoms with Gasteiger partial charge in [-0.15, -0.1) is 0 Å². The first-order chi connectivity index (χ1) is 12.1. The van der Waals surface area contributed by atoms with Crippen LogP contribution < -0.4 is 17.2 Å². The first-order valence-electron chi connectivity index (χ1n) is 7.51. The van der Waals surface area contributed by atoms with Crippen LogP contribution in [0, 0.1) is 0 Å². The number of carboxylic acid groups (broad SMARTS) is 2. The van der Waals surface area contributed by atoms with Gasteiger partial charge in [-0.25, -0.2) is 9.78 Å². The molecule has 0 unspecified atom stereocenters. The van der Waals surface area contributed by atoms with E-state index in [4.69, 9.17) is 31.5 Å². The fourth-order valence-electron chi connectivity index (χ4n) is 2.01. The molecule has 0 amide bonds. The van der Waals surface area contributed by atoms with Gasteiger partial charge in [-0.05, 0) is 6.42 Å². The first-order valence-corrected chi connectivity index (χ1v) is 7.51. The van der Waals surface area contributed by atoms with Gasteiger partial charge in [0.15, 0.2) is 0 Å². The van der Waals surface area contributed by atoms with Crippen LogP contribution >= 0.6 is 0 Å². The Morgan fingerprint density at radius 1 is 1.42 bits per heavy atom. The van der Waals surface area contributed by atoms with Crippen LogP contribution in [-0.4, -0.2) is 71.8 Å². The van der Waals surface area contributed by atoms with E-state index in [0.29, 0.717) is 0 Å². The van der Waals surface area contributed by atoms with Crippen molar-refractivity contribution in [2.45, 2.75) is 43.7 Å². The van der Waals surface area contributed by atoms with E-state index in [9.17, 15) is 19.5 Å². The maximum Gasteiger partial charge on any atom is 0.354 e. The highest BCUT2D eigenvalue weighted by Gasteiger charge is 2.35. The number of nitrogen functional groups attached to an aromatic ring is 1. The molecule has 0 spiro atoms. The molecule has 13 nitrogen and oxygen atoms in total. The molecule has 2 rings (SSSR count). The summed E-state index contributed by atoms with van der Waals surface area (Å²) in [7, 11) is 0. The van der Waals surface area contributed by atoms with Gasteiger partial charge in [-0.3, -0.25) is 14.2 Å². The van der Waals surface area contributed by atoms with Crippen LogP contribution in [0.3, 0.4) is 0 Å². The second-order valence-corrected chi connectivity index (χ2v) is 5.40. The molecule has 146 valence electrons. The van der Waals surface area contributed by atoms with Crippen molar-refractivity contribution in [2.24, 2.45) is 5.73 Å². The third-order valence-corrected chi connectivity index (χ3v) is 3.43. The summed E-state index contributed by atoms with van der Waals surface area (Å²) in [5.41, 5.74) is 9.65. The molecule has 0 aliphatic carbocycles. The van der Waals surface area contributed by atoms with Gasteiger partial charge in [0.2, 0.25) is 5.95 Å². The van der Waals surface area contributed by atoms with Crippen molar-refractivity contribution in [3.05, 3.63) is 16.8 Å². The Bertz CT molecular complexity index is 681. The molecule has 13 heteroatoms. The van der Waals surface area contributed by atoms with Gasteiger partial charge < -0.3 is 36.6 Å². The number of aliphatic hydroxyl groups is 2. The van der Waals surface area contributed by atoms with Gasteiger partial charge in [0, 0.05) is 12.8 Å². The number of ether oxygens (including phenoxy) is 1. The summed E-state index contributed by atoms with van der Waals surface area (Å²) < 4.78 is 6.41. The molecular weight excluding hydrogens is 354 g/mol. The number of aliphatic hydroxyl groups excluding tert-OH is 2. The monoisotopic (exact) mass is 375 g/mol. The summed E-state index contributed by atoms with van der Waals surface area (Å²) in [5, 5.41) is 34.7. The second kappa shape index (κ2) is 9.76. The Kier molecular flexibility index (Phi) is 8.05. The van der Waals surface area contributed by atoms with E-state index in [1.807, 2.05) is 0 Å². The van der Waals surface area contributed by atoms with E-state index in [-0.39, 0.29) is 31.8 Å². The van der Waals surface area contributed by atoms with Crippen molar-refractivity contribution >= 4 is 17.9 Å². The van der Waals surface area contributed by atoms with Gasteiger partial charge in [0.25, 0.3) is 0 Å². The zero-order valence-corrected chi connectivity index (χ0v) is 13.6. The lowest BCUT2D eigenvalue weighted by Crippen LogP contribution is -2.30. The largest absolute Gasteiger partial charge is 0.481 e. The van der Waals surface area contributed by atoms with Crippen LogP contribution in [0.15, 0.2) is 11.1 Å². The zero-order valence-electron chi connectivity index (χ0n) is 13.6. The summed E-state index contributed by atoms with van der Waals surface area (Å²) in [4.78, 5) is 38.4. The van der Waals surface area contributed by atoms with Crippen molar-refractivity contribution in [1.29, 1.82) is 0 Å². The maximum atomic E-state index is 11.4. The molecule has 1 saturated heterocycles. The summed E-state index contributed by atoms with van der Waals surface area (Å²) in [6.45, 7) is -0.303. The lowest BCUT2D eigenvalue weighted by Gasteiger charge is -2.13. The molecule has 2 heterocycles. The molecule has 1 fully saturated rings. The fourth-order valence-corrected chi connectivity index (χ4v) is 2.01. The number of nitrogens with two attached hydrogens (primary N) is 2. The van der Waals surface area contributed by atoms with Crippen molar-refractivity contribution in [2.75, 3.05) is 12.3 Å². The number of hydrogen-bond acceptors (Lipinski definition) is 10. The van der Waals surface area contributed by atoms with Crippen LogP contribution in [0.5, 0.6) is 0 Å².